The third-order valence-electron chi connectivity index (χ3n) is 6.51. The average molecular weight is 405 g/mol. The Morgan fingerprint density at radius 2 is 2.00 bits per heavy atom. The predicted molar refractivity (Wildman–Crippen MR) is 107 cm³/mol. The van der Waals surface area contributed by atoms with Gasteiger partial charge >= 0.3 is 0 Å². The normalized spacial score (nSPS) is 24.7. The Morgan fingerprint density at radius 1 is 1.24 bits per heavy atom. The molecule has 1 N–H and O–H groups in total. The van der Waals surface area contributed by atoms with Gasteiger partial charge in [0.25, 0.3) is 5.91 Å². The van der Waals surface area contributed by atoms with Crippen LogP contribution >= 0.6 is 0 Å². The summed E-state index contributed by atoms with van der Waals surface area (Å²) in [4.78, 5) is 29.3. The van der Waals surface area contributed by atoms with Crippen LogP contribution in [0.25, 0.3) is 0 Å². The molecular formula is C21H32N4O4. The summed E-state index contributed by atoms with van der Waals surface area (Å²) in [6, 6.07) is 2.73. The van der Waals surface area contributed by atoms with Gasteiger partial charge in [0.15, 0.2) is 5.69 Å². The Labute approximate surface area is 171 Å². The maximum Gasteiger partial charge on any atom is 0.273 e. The second kappa shape index (κ2) is 8.83. The van der Waals surface area contributed by atoms with Gasteiger partial charge in [-0.1, -0.05) is 25.4 Å². The van der Waals surface area contributed by atoms with Crippen LogP contribution in [0, 0.1) is 0 Å². The van der Waals surface area contributed by atoms with Gasteiger partial charge in [-0.2, -0.15) is 0 Å². The highest BCUT2D eigenvalue weighted by molar-refractivity contribution is 5.92. The molecule has 0 spiro atoms. The molecule has 29 heavy (non-hydrogen) atoms. The summed E-state index contributed by atoms with van der Waals surface area (Å²) in [6.07, 6.45) is 5.86. The van der Waals surface area contributed by atoms with Gasteiger partial charge in [0.1, 0.15) is 12.4 Å². The Hall–Kier alpha value is -1.93. The Bertz CT molecular complexity index is 722. The molecule has 2 saturated heterocycles. The summed E-state index contributed by atoms with van der Waals surface area (Å²) >= 11 is 0. The minimum Gasteiger partial charge on any atom is -0.365 e. The topological polar surface area (TPSA) is 87.9 Å². The van der Waals surface area contributed by atoms with E-state index in [2.05, 4.69) is 15.4 Å². The minimum atomic E-state index is -0.276. The van der Waals surface area contributed by atoms with Crippen molar-refractivity contribution in [1.82, 2.24) is 20.3 Å². The van der Waals surface area contributed by atoms with Crippen molar-refractivity contribution in [2.24, 2.45) is 0 Å². The molecule has 8 heteroatoms. The molecule has 0 radical (unpaired) electrons. The van der Waals surface area contributed by atoms with Crippen LogP contribution in [0.1, 0.15) is 68.1 Å². The van der Waals surface area contributed by atoms with E-state index in [0.29, 0.717) is 18.8 Å². The first-order valence-electron chi connectivity index (χ1n) is 10.9. The molecule has 2 aliphatic heterocycles. The minimum absolute atomic E-state index is 0.0627. The second-order valence-corrected chi connectivity index (χ2v) is 8.81. The highest BCUT2D eigenvalue weighted by Gasteiger charge is 2.35. The molecule has 3 fully saturated rings. The van der Waals surface area contributed by atoms with Crippen LogP contribution in [-0.2, 0) is 9.53 Å². The Kier molecular flexibility index (Phi) is 6.20. The molecule has 1 aromatic rings. The molecule has 3 aliphatic rings. The number of rotatable bonds is 6. The number of ether oxygens (including phenoxy) is 1. The van der Waals surface area contributed by atoms with E-state index in [1.165, 1.54) is 19.3 Å². The van der Waals surface area contributed by atoms with E-state index in [4.69, 9.17) is 9.26 Å². The monoisotopic (exact) mass is 404 g/mol. The third kappa shape index (κ3) is 4.64. The van der Waals surface area contributed by atoms with E-state index in [0.717, 1.165) is 32.0 Å². The third-order valence-corrected chi connectivity index (χ3v) is 6.51. The molecule has 0 unspecified atom stereocenters. The zero-order valence-corrected chi connectivity index (χ0v) is 17.4. The smallest absolute Gasteiger partial charge is 0.273 e. The molecule has 0 aromatic carbocycles. The summed E-state index contributed by atoms with van der Waals surface area (Å²) in [7, 11) is 0. The number of piperidine rings is 1. The standard InChI is InChI=1S/C21H32N4O4/c1-14(2)19-10-18(23-29-19)21(27)22-11-17-12-25(20(26)13-28-17)16-6-8-24(9-7-16)15-4-3-5-15/h10,14-17H,3-9,11-13H2,1-2H3,(H,22,27)/t17-/m1/s1. The van der Waals surface area contributed by atoms with Crippen LogP contribution in [0.5, 0.6) is 0 Å². The number of nitrogens with zero attached hydrogens (tertiary/aromatic N) is 3. The zero-order valence-electron chi connectivity index (χ0n) is 17.4. The first kappa shape index (κ1) is 20.3. The van der Waals surface area contributed by atoms with E-state index in [9.17, 15) is 9.59 Å². The van der Waals surface area contributed by atoms with Gasteiger partial charge in [0, 0.05) is 50.2 Å². The first-order chi connectivity index (χ1) is 14.0. The number of likely N-dealkylation sites (tertiary alicyclic amines) is 1. The molecule has 0 bridgehead atoms. The number of carbonyl (C=O) groups is 2. The van der Waals surface area contributed by atoms with Crippen LogP contribution in [-0.4, -0.2) is 77.7 Å². The van der Waals surface area contributed by atoms with Gasteiger partial charge in [0.2, 0.25) is 5.91 Å². The number of hydrogen-bond donors (Lipinski definition) is 1. The van der Waals surface area contributed by atoms with Crippen LogP contribution in [0.2, 0.25) is 0 Å². The van der Waals surface area contributed by atoms with Gasteiger partial charge in [-0.25, -0.2) is 0 Å². The summed E-state index contributed by atoms with van der Waals surface area (Å²) < 4.78 is 10.9. The molecule has 4 rings (SSSR count). The fourth-order valence-electron chi connectivity index (χ4n) is 4.40. The van der Waals surface area contributed by atoms with Crippen molar-refractivity contribution in [2.45, 2.75) is 70.1 Å². The lowest BCUT2D eigenvalue weighted by Gasteiger charge is -2.45. The fourth-order valence-corrected chi connectivity index (χ4v) is 4.40. The lowest BCUT2D eigenvalue weighted by molar-refractivity contribution is -0.153. The van der Waals surface area contributed by atoms with Crippen molar-refractivity contribution in [1.29, 1.82) is 0 Å². The number of hydrogen-bond acceptors (Lipinski definition) is 6. The highest BCUT2D eigenvalue weighted by Crippen LogP contribution is 2.29. The maximum absolute atomic E-state index is 12.4. The van der Waals surface area contributed by atoms with Crippen molar-refractivity contribution in [2.75, 3.05) is 32.8 Å². The first-order valence-corrected chi connectivity index (χ1v) is 10.9. The quantitative estimate of drug-likeness (QED) is 0.778. The van der Waals surface area contributed by atoms with Gasteiger partial charge < -0.3 is 24.4 Å². The number of carbonyl (C=O) groups excluding carboxylic acids is 2. The fraction of sp³-hybridized carbons (Fsp3) is 0.762. The Morgan fingerprint density at radius 3 is 2.62 bits per heavy atom. The zero-order chi connectivity index (χ0) is 20.4. The predicted octanol–water partition coefficient (Wildman–Crippen LogP) is 1.77. The molecular weight excluding hydrogens is 372 g/mol. The van der Waals surface area contributed by atoms with Crippen molar-refractivity contribution in [3.05, 3.63) is 17.5 Å². The average Bonchev–Trinajstić information content (AvgIpc) is 3.17. The Balaban J connectivity index is 1.26. The van der Waals surface area contributed by atoms with Crippen LogP contribution in [0.4, 0.5) is 0 Å². The number of nitrogens with one attached hydrogen (secondary N) is 1. The lowest BCUT2D eigenvalue weighted by Crippen LogP contribution is -2.57. The van der Waals surface area contributed by atoms with Crippen molar-refractivity contribution in [3.63, 3.8) is 0 Å². The van der Waals surface area contributed by atoms with Crippen molar-refractivity contribution in [3.8, 4) is 0 Å². The second-order valence-electron chi connectivity index (χ2n) is 8.81. The van der Waals surface area contributed by atoms with Gasteiger partial charge in [0.05, 0.1) is 6.10 Å². The SMILES string of the molecule is CC(C)c1cc(C(=O)NC[C@@H]2CN(C3CCN(C4CCC4)CC3)C(=O)CO2)no1. The van der Waals surface area contributed by atoms with Gasteiger partial charge in [-0.15, -0.1) is 0 Å². The van der Waals surface area contributed by atoms with Crippen LogP contribution in [0.3, 0.4) is 0 Å². The molecule has 1 saturated carbocycles. The van der Waals surface area contributed by atoms with E-state index in [1.807, 2.05) is 18.7 Å². The van der Waals surface area contributed by atoms with Crippen molar-refractivity contribution < 1.29 is 18.8 Å². The van der Waals surface area contributed by atoms with E-state index in [1.54, 1.807) is 6.07 Å². The van der Waals surface area contributed by atoms with Gasteiger partial charge in [-0.3, -0.25) is 9.59 Å². The number of amides is 2. The molecule has 2 amide bonds. The van der Waals surface area contributed by atoms with E-state index < -0.39 is 0 Å². The summed E-state index contributed by atoms with van der Waals surface area (Å²) in [6.45, 7) is 7.10. The van der Waals surface area contributed by atoms with Crippen molar-refractivity contribution >= 4 is 11.8 Å². The highest BCUT2D eigenvalue weighted by atomic mass is 16.5. The van der Waals surface area contributed by atoms with Crippen LogP contribution in [0.15, 0.2) is 10.6 Å². The van der Waals surface area contributed by atoms with Gasteiger partial charge in [-0.05, 0) is 25.7 Å². The largest absolute Gasteiger partial charge is 0.365 e. The molecule has 1 aliphatic carbocycles. The molecule has 8 nitrogen and oxygen atoms in total. The molecule has 160 valence electrons. The van der Waals surface area contributed by atoms with E-state index >= 15 is 0 Å². The summed E-state index contributed by atoms with van der Waals surface area (Å²) in [5.74, 6) is 0.657. The summed E-state index contributed by atoms with van der Waals surface area (Å²) in [5.41, 5.74) is 0.279. The molecule has 3 heterocycles. The molecule has 1 aromatic heterocycles. The molecule has 1 atom stereocenters. The number of aromatic nitrogens is 1. The summed E-state index contributed by atoms with van der Waals surface area (Å²) in [5, 5.41) is 6.70. The maximum atomic E-state index is 12.4. The number of morpholine rings is 1. The van der Waals surface area contributed by atoms with E-state index in [-0.39, 0.29) is 42.2 Å². The van der Waals surface area contributed by atoms with Crippen LogP contribution < -0.4 is 5.32 Å². The lowest BCUT2D eigenvalue weighted by atomic mass is 9.89.